The standard InChI is InChI=1S/C18H18ClF3N2O/c1-2-24(14-6-4-3-5-7-14)17(25)10-11-23-13-8-9-16(19)15(12-13)18(20,21)22/h3-9,12,23H,2,10-11H2,1H3. The zero-order chi connectivity index (χ0) is 18.4. The number of rotatable bonds is 6. The van der Waals surface area contributed by atoms with Crippen molar-refractivity contribution in [2.45, 2.75) is 19.5 Å². The first-order valence-electron chi connectivity index (χ1n) is 7.79. The molecule has 0 saturated carbocycles. The second-order valence-electron chi connectivity index (χ2n) is 5.34. The van der Waals surface area contributed by atoms with Crippen LogP contribution < -0.4 is 10.2 Å². The highest BCUT2D eigenvalue weighted by Gasteiger charge is 2.33. The summed E-state index contributed by atoms with van der Waals surface area (Å²) in [5.41, 5.74) is 0.165. The molecule has 0 fully saturated rings. The Kier molecular flexibility index (Phi) is 6.31. The van der Waals surface area contributed by atoms with Crippen molar-refractivity contribution in [3.63, 3.8) is 0 Å². The zero-order valence-electron chi connectivity index (χ0n) is 13.6. The van der Waals surface area contributed by atoms with Gasteiger partial charge in [0.25, 0.3) is 0 Å². The highest BCUT2D eigenvalue weighted by molar-refractivity contribution is 6.31. The predicted molar refractivity (Wildman–Crippen MR) is 94.0 cm³/mol. The molecule has 25 heavy (non-hydrogen) atoms. The normalized spacial score (nSPS) is 11.2. The number of carbonyl (C=O) groups is 1. The van der Waals surface area contributed by atoms with Crippen LogP contribution in [0.1, 0.15) is 18.9 Å². The first-order chi connectivity index (χ1) is 11.8. The lowest BCUT2D eigenvalue weighted by molar-refractivity contribution is -0.137. The molecule has 0 aromatic heterocycles. The summed E-state index contributed by atoms with van der Waals surface area (Å²) in [5.74, 6) is -0.105. The maximum atomic E-state index is 12.8. The Bertz CT molecular complexity index is 720. The van der Waals surface area contributed by atoms with Gasteiger partial charge in [-0.05, 0) is 37.3 Å². The van der Waals surface area contributed by atoms with Gasteiger partial charge in [0.1, 0.15) is 0 Å². The number of anilines is 2. The van der Waals surface area contributed by atoms with Crippen molar-refractivity contribution in [1.82, 2.24) is 0 Å². The number of hydrogen-bond donors (Lipinski definition) is 1. The van der Waals surface area contributed by atoms with E-state index in [1.54, 1.807) is 4.90 Å². The first-order valence-corrected chi connectivity index (χ1v) is 8.16. The fourth-order valence-electron chi connectivity index (χ4n) is 2.41. The van der Waals surface area contributed by atoms with Gasteiger partial charge >= 0.3 is 6.18 Å². The molecule has 3 nitrogen and oxygen atoms in total. The summed E-state index contributed by atoms with van der Waals surface area (Å²) >= 11 is 5.58. The lowest BCUT2D eigenvalue weighted by atomic mass is 10.2. The summed E-state index contributed by atoms with van der Waals surface area (Å²) in [6, 6.07) is 12.8. The lowest BCUT2D eigenvalue weighted by Crippen LogP contribution is -2.31. The first kappa shape index (κ1) is 19.1. The molecule has 0 heterocycles. The molecule has 0 bridgehead atoms. The van der Waals surface area contributed by atoms with E-state index >= 15 is 0 Å². The fraction of sp³-hybridized carbons (Fsp3) is 0.278. The molecule has 0 aliphatic rings. The van der Waals surface area contributed by atoms with E-state index in [4.69, 9.17) is 11.6 Å². The van der Waals surface area contributed by atoms with E-state index in [0.29, 0.717) is 6.54 Å². The van der Waals surface area contributed by atoms with E-state index < -0.39 is 11.7 Å². The Morgan fingerprint density at radius 2 is 1.84 bits per heavy atom. The van der Waals surface area contributed by atoms with E-state index in [1.165, 1.54) is 12.1 Å². The number of alkyl halides is 3. The van der Waals surface area contributed by atoms with Gasteiger partial charge in [-0.3, -0.25) is 4.79 Å². The molecule has 2 aromatic carbocycles. The van der Waals surface area contributed by atoms with Crippen LogP contribution in [0.25, 0.3) is 0 Å². The molecule has 0 radical (unpaired) electrons. The predicted octanol–water partition coefficient (Wildman–Crippen LogP) is 5.21. The quantitative estimate of drug-likeness (QED) is 0.756. The van der Waals surface area contributed by atoms with Gasteiger partial charge < -0.3 is 10.2 Å². The third-order valence-electron chi connectivity index (χ3n) is 3.62. The molecular weight excluding hydrogens is 353 g/mol. The number of halogens is 4. The molecule has 1 amide bonds. The van der Waals surface area contributed by atoms with E-state index in [0.717, 1.165) is 11.8 Å². The molecule has 1 N–H and O–H groups in total. The third-order valence-corrected chi connectivity index (χ3v) is 3.95. The van der Waals surface area contributed by atoms with Crippen LogP contribution in [0.4, 0.5) is 24.5 Å². The Balaban J connectivity index is 1.97. The van der Waals surface area contributed by atoms with Crippen molar-refractivity contribution in [1.29, 1.82) is 0 Å². The van der Waals surface area contributed by atoms with Crippen LogP contribution in [0, 0.1) is 0 Å². The number of hydrogen-bond acceptors (Lipinski definition) is 2. The van der Waals surface area contributed by atoms with Crippen molar-refractivity contribution >= 4 is 28.9 Å². The van der Waals surface area contributed by atoms with Gasteiger partial charge in [0.05, 0.1) is 10.6 Å². The molecule has 0 spiro atoms. The molecule has 0 saturated heterocycles. The summed E-state index contributed by atoms with van der Waals surface area (Å²) in [4.78, 5) is 14.0. The summed E-state index contributed by atoms with van der Waals surface area (Å²) in [7, 11) is 0. The average molecular weight is 371 g/mol. The van der Waals surface area contributed by atoms with Crippen LogP contribution in [-0.2, 0) is 11.0 Å². The second-order valence-corrected chi connectivity index (χ2v) is 5.75. The SMILES string of the molecule is CCN(C(=O)CCNc1ccc(Cl)c(C(F)(F)F)c1)c1ccccc1. The smallest absolute Gasteiger partial charge is 0.385 e. The number of amides is 1. The number of nitrogens with zero attached hydrogens (tertiary/aromatic N) is 1. The van der Waals surface area contributed by atoms with E-state index in [1.807, 2.05) is 37.3 Å². The molecule has 7 heteroatoms. The van der Waals surface area contributed by atoms with Gasteiger partial charge in [-0.15, -0.1) is 0 Å². The topological polar surface area (TPSA) is 32.3 Å². The van der Waals surface area contributed by atoms with Gasteiger partial charge in [-0.25, -0.2) is 0 Å². The van der Waals surface area contributed by atoms with Crippen molar-refractivity contribution in [3.05, 3.63) is 59.1 Å². The third kappa shape index (κ3) is 5.13. The minimum absolute atomic E-state index is 0.105. The molecule has 134 valence electrons. The second kappa shape index (κ2) is 8.25. The van der Waals surface area contributed by atoms with Crippen LogP contribution in [0.3, 0.4) is 0 Å². The minimum Gasteiger partial charge on any atom is -0.385 e. The minimum atomic E-state index is -4.52. The number of benzene rings is 2. The van der Waals surface area contributed by atoms with Crippen LogP contribution in [0.5, 0.6) is 0 Å². The molecule has 0 aliphatic heterocycles. The number of para-hydroxylation sites is 1. The van der Waals surface area contributed by atoms with Gasteiger partial charge in [-0.1, -0.05) is 29.8 Å². The fourth-order valence-corrected chi connectivity index (χ4v) is 2.64. The summed E-state index contributed by atoms with van der Waals surface area (Å²) in [6.07, 6.45) is -4.36. The monoisotopic (exact) mass is 370 g/mol. The van der Waals surface area contributed by atoms with Crippen LogP contribution in [0.15, 0.2) is 48.5 Å². The summed E-state index contributed by atoms with van der Waals surface area (Å²) in [6.45, 7) is 2.61. The highest BCUT2D eigenvalue weighted by Crippen LogP contribution is 2.36. The molecule has 2 rings (SSSR count). The van der Waals surface area contributed by atoms with Gasteiger partial charge in [0, 0.05) is 30.9 Å². The van der Waals surface area contributed by atoms with E-state index in [2.05, 4.69) is 5.32 Å². The zero-order valence-corrected chi connectivity index (χ0v) is 14.4. The van der Waals surface area contributed by atoms with Crippen molar-refractivity contribution in [3.8, 4) is 0 Å². The van der Waals surface area contributed by atoms with Gasteiger partial charge in [0.15, 0.2) is 0 Å². The van der Waals surface area contributed by atoms with Crippen LogP contribution >= 0.6 is 11.6 Å². The largest absolute Gasteiger partial charge is 0.417 e. The van der Waals surface area contributed by atoms with Gasteiger partial charge in [-0.2, -0.15) is 13.2 Å². The Morgan fingerprint density at radius 3 is 2.44 bits per heavy atom. The highest BCUT2D eigenvalue weighted by atomic mass is 35.5. The van der Waals surface area contributed by atoms with Crippen LogP contribution in [-0.4, -0.2) is 19.0 Å². The van der Waals surface area contributed by atoms with Crippen molar-refractivity contribution in [2.24, 2.45) is 0 Å². The molecule has 0 unspecified atom stereocenters. The Labute approximate surface area is 149 Å². The molecule has 0 aliphatic carbocycles. The van der Waals surface area contributed by atoms with Gasteiger partial charge in [0.2, 0.25) is 5.91 Å². The van der Waals surface area contributed by atoms with E-state index in [-0.39, 0.29) is 29.6 Å². The Hall–Kier alpha value is -2.21. The molecular formula is C18H18ClF3N2O. The maximum absolute atomic E-state index is 12.8. The number of nitrogens with one attached hydrogen (secondary N) is 1. The summed E-state index contributed by atoms with van der Waals surface area (Å²) in [5, 5.41) is 2.49. The summed E-state index contributed by atoms with van der Waals surface area (Å²) < 4.78 is 38.5. The average Bonchev–Trinajstić information content (AvgIpc) is 2.57. The maximum Gasteiger partial charge on any atom is 0.417 e. The molecule has 2 aromatic rings. The lowest BCUT2D eigenvalue weighted by Gasteiger charge is -2.21. The van der Waals surface area contributed by atoms with E-state index in [9.17, 15) is 18.0 Å². The molecule has 0 atom stereocenters. The number of carbonyl (C=O) groups excluding carboxylic acids is 1. The van der Waals surface area contributed by atoms with Crippen LogP contribution in [0.2, 0.25) is 5.02 Å². The Morgan fingerprint density at radius 1 is 1.16 bits per heavy atom. The van der Waals surface area contributed by atoms with Crippen molar-refractivity contribution < 1.29 is 18.0 Å². The van der Waals surface area contributed by atoms with Crippen molar-refractivity contribution in [2.75, 3.05) is 23.3 Å².